The molecule has 0 unspecified atom stereocenters. The summed E-state index contributed by atoms with van der Waals surface area (Å²) >= 11 is 12.2. The molecule has 1 amide bonds. The Bertz CT molecular complexity index is 1320. The van der Waals surface area contributed by atoms with Crippen molar-refractivity contribution >= 4 is 46.0 Å². The van der Waals surface area contributed by atoms with Gasteiger partial charge in [0.25, 0.3) is 5.91 Å². The van der Waals surface area contributed by atoms with Gasteiger partial charge in [0.2, 0.25) is 0 Å². The monoisotopic (exact) mass is 465 g/mol. The largest absolute Gasteiger partial charge is 0.433 e. The van der Waals surface area contributed by atoms with Gasteiger partial charge in [0.05, 0.1) is 26.8 Å². The van der Waals surface area contributed by atoms with Crippen LogP contribution in [0.2, 0.25) is 10.0 Å². The molecule has 0 radical (unpaired) electrons. The lowest BCUT2D eigenvalue weighted by Gasteiger charge is -2.11. The molecule has 11 heteroatoms. The molecular weight excluding hydrogens is 454 g/mol. The van der Waals surface area contributed by atoms with Gasteiger partial charge in [-0.15, -0.1) is 0 Å². The van der Waals surface area contributed by atoms with Crippen LogP contribution in [0, 0.1) is 6.92 Å². The zero-order chi connectivity index (χ0) is 22.3. The zero-order valence-corrected chi connectivity index (χ0v) is 17.2. The first-order chi connectivity index (χ1) is 14.6. The molecule has 3 aromatic heterocycles. The van der Waals surface area contributed by atoms with Gasteiger partial charge in [-0.05, 0) is 43.3 Å². The fourth-order valence-electron chi connectivity index (χ4n) is 2.94. The van der Waals surface area contributed by atoms with Crippen molar-refractivity contribution < 1.29 is 18.0 Å². The van der Waals surface area contributed by atoms with Crippen molar-refractivity contribution in [3.8, 4) is 11.4 Å². The third-order valence-corrected chi connectivity index (χ3v) is 4.94. The van der Waals surface area contributed by atoms with Gasteiger partial charge in [0, 0.05) is 17.4 Å². The van der Waals surface area contributed by atoms with Gasteiger partial charge in [-0.25, -0.2) is 15.0 Å². The summed E-state index contributed by atoms with van der Waals surface area (Å²) in [5, 5.41) is 3.45. The smallest absolute Gasteiger partial charge is 0.336 e. The van der Waals surface area contributed by atoms with Crippen LogP contribution in [-0.4, -0.2) is 25.8 Å². The highest BCUT2D eigenvalue weighted by molar-refractivity contribution is 6.33. The molecule has 4 rings (SSSR count). The van der Waals surface area contributed by atoms with Crippen molar-refractivity contribution in [2.75, 3.05) is 5.32 Å². The summed E-state index contributed by atoms with van der Waals surface area (Å²) in [7, 11) is 0. The summed E-state index contributed by atoms with van der Waals surface area (Å²) < 4.78 is 38.4. The molecule has 1 aromatic carbocycles. The van der Waals surface area contributed by atoms with E-state index in [-0.39, 0.29) is 11.3 Å². The molecule has 2 N–H and O–H groups in total. The van der Waals surface area contributed by atoms with E-state index in [1.165, 1.54) is 13.1 Å². The number of hydrogen-bond donors (Lipinski definition) is 2. The van der Waals surface area contributed by atoms with Crippen LogP contribution in [0.5, 0.6) is 0 Å². The number of fused-ring (bicyclic) bond motifs is 1. The number of aromatic amines is 1. The maximum absolute atomic E-state index is 12.8. The van der Waals surface area contributed by atoms with E-state index in [9.17, 15) is 18.0 Å². The molecule has 0 spiro atoms. The number of aryl methyl sites for hydroxylation is 1. The third kappa shape index (κ3) is 4.33. The second-order valence-corrected chi connectivity index (χ2v) is 7.43. The molecule has 0 saturated heterocycles. The molecule has 0 aliphatic carbocycles. The number of halogens is 5. The van der Waals surface area contributed by atoms with Crippen LogP contribution >= 0.6 is 23.2 Å². The van der Waals surface area contributed by atoms with E-state index in [0.717, 1.165) is 12.1 Å². The minimum Gasteiger partial charge on any atom is -0.336 e. The number of aromatic nitrogens is 4. The average molecular weight is 466 g/mol. The molecule has 0 bridgehead atoms. The van der Waals surface area contributed by atoms with Gasteiger partial charge in [0.1, 0.15) is 11.5 Å². The van der Waals surface area contributed by atoms with Crippen LogP contribution in [0.4, 0.5) is 18.9 Å². The highest BCUT2D eigenvalue weighted by Gasteiger charge is 2.33. The number of rotatable bonds is 3. The third-order valence-electron chi connectivity index (χ3n) is 4.40. The molecule has 0 aliphatic rings. The first kappa shape index (κ1) is 21.1. The maximum atomic E-state index is 12.8. The van der Waals surface area contributed by atoms with Crippen LogP contribution in [0.1, 0.15) is 21.7 Å². The van der Waals surface area contributed by atoms with E-state index in [1.807, 2.05) is 0 Å². The predicted molar refractivity (Wildman–Crippen MR) is 111 cm³/mol. The number of carbonyl (C=O) groups excluding carboxylic acids is 1. The van der Waals surface area contributed by atoms with Gasteiger partial charge in [-0.3, -0.25) is 4.79 Å². The molecule has 0 aliphatic heterocycles. The number of benzene rings is 1. The van der Waals surface area contributed by atoms with Gasteiger partial charge in [-0.1, -0.05) is 23.2 Å². The Labute approximate surface area is 183 Å². The summed E-state index contributed by atoms with van der Waals surface area (Å²) in [5.74, 6) is -0.191. The lowest BCUT2D eigenvalue weighted by atomic mass is 10.1. The number of alkyl halides is 3. The SMILES string of the molecule is Cc1nc(C(F)(F)F)ccc1C(=O)Nc1ccc(Cl)c(-c2nc3ncc(Cl)cc3[nH]2)c1. The second kappa shape index (κ2) is 7.82. The number of nitrogens with zero attached hydrogens (tertiary/aromatic N) is 3. The molecule has 4 aromatic rings. The van der Waals surface area contributed by atoms with Gasteiger partial charge in [0.15, 0.2) is 5.65 Å². The van der Waals surface area contributed by atoms with Gasteiger partial charge < -0.3 is 10.3 Å². The normalized spacial score (nSPS) is 11.7. The molecular formula is C20H12Cl2F3N5O. The Morgan fingerprint density at radius 1 is 1.10 bits per heavy atom. The van der Waals surface area contributed by atoms with Crippen molar-refractivity contribution in [2.45, 2.75) is 13.1 Å². The highest BCUT2D eigenvalue weighted by Crippen LogP contribution is 2.31. The minimum absolute atomic E-state index is 0.0204. The Balaban J connectivity index is 1.63. The summed E-state index contributed by atoms with van der Waals surface area (Å²) in [5.41, 5.74) is 0.838. The number of pyridine rings is 2. The first-order valence-electron chi connectivity index (χ1n) is 8.79. The molecule has 31 heavy (non-hydrogen) atoms. The number of nitrogens with one attached hydrogen (secondary N) is 2. The lowest BCUT2D eigenvalue weighted by molar-refractivity contribution is -0.141. The highest BCUT2D eigenvalue weighted by atomic mass is 35.5. The van der Waals surface area contributed by atoms with Gasteiger partial charge >= 0.3 is 6.18 Å². The average Bonchev–Trinajstić information content (AvgIpc) is 3.11. The Kier molecular flexibility index (Phi) is 5.32. The first-order valence-corrected chi connectivity index (χ1v) is 9.55. The number of H-pyrrole nitrogens is 1. The van der Waals surface area contributed by atoms with Crippen LogP contribution in [0.15, 0.2) is 42.6 Å². The zero-order valence-electron chi connectivity index (χ0n) is 15.7. The minimum atomic E-state index is -4.59. The van der Waals surface area contributed by atoms with E-state index in [1.54, 1.807) is 24.3 Å². The molecule has 0 saturated carbocycles. The number of carbonyl (C=O) groups is 1. The van der Waals surface area contributed by atoms with E-state index < -0.39 is 17.8 Å². The molecule has 0 atom stereocenters. The van der Waals surface area contributed by atoms with Crippen LogP contribution in [0.25, 0.3) is 22.6 Å². The summed E-state index contributed by atoms with van der Waals surface area (Å²) in [6.07, 6.45) is -3.12. The Morgan fingerprint density at radius 3 is 2.58 bits per heavy atom. The fourth-order valence-corrected chi connectivity index (χ4v) is 3.31. The van der Waals surface area contributed by atoms with Crippen molar-refractivity contribution in [1.82, 2.24) is 19.9 Å². The number of hydrogen-bond acceptors (Lipinski definition) is 4. The second-order valence-electron chi connectivity index (χ2n) is 6.59. The van der Waals surface area contributed by atoms with Crippen LogP contribution in [-0.2, 0) is 6.18 Å². The molecule has 158 valence electrons. The van der Waals surface area contributed by atoms with Crippen molar-refractivity contribution in [3.05, 3.63) is 69.6 Å². The Hall–Kier alpha value is -3.17. The van der Waals surface area contributed by atoms with Crippen LogP contribution < -0.4 is 5.32 Å². The molecule has 6 nitrogen and oxygen atoms in total. The van der Waals surface area contributed by atoms with E-state index in [2.05, 4.69) is 25.3 Å². The predicted octanol–water partition coefficient (Wildman–Crippen LogP) is 5.91. The van der Waals surface area contributed by atoms with E-state index >= 15 is 0 Å². The van der Waals surface area contributed by atoms with E-state index in [0.29, 0.717) is 38.3 Å². The molecule has 0 fully saturated rings. The number of anilines is 1. The lowest BCUT2D eigenvalue weighted by Crippen LogP contribution is -2.16. The number of amides is 1. The van der Waals surface area contributed by atoms with E-state index in [4.69, 9.17) is 23.2 Å². The maximum Gasteiger partial charge on any atom is 0.433 e. The van der Waals surface area contributed by atoms with Crippen molar-refractivity contribution in [2.24, 2.45) is 0 Å². The standard InChI is InChI=1S/C20H12Cl2F3N5O/c1-9-12(3-5-16(27-9)20(23,24)25)19(31)28-11-2-4-14(22)13(7-11)17-29-15-6-10(21)8-26-18(15)30-17/h2-8H,1H3,(H,28,31)(H,26,29,30). The summed E-state index contributed by atoms with van der Waals surface area (Å²) in [6.45, 7) is 1.34. The van der Waals surface area contributed by atoms with Gasteiger partial charge in [-0.2, -0.15) is 13.2 Å². The van der Waals surface area contributed by atoms with Crippen molar-refractivity contribution in [1.29, 1.82) is 0 Å². The molecule has 3 heterocycles. The van der Waals surface area contributed by atoms with Crippen LogP contribution in [0.3, 0.4) is 0 Å². The summed E-state index contributed by atoms with van der Waals surface area (Å²) in [4.78, 5) is 27.6. The topological polar surface area (TPSA) is 83.6 Å². The summed E-state index contributed by atoms with van der Waals surface area (Å²) in [6, 6.07) is 8.24. The Morgan fingerprint density at radius 2 is 1.87 bits per heavy atom. The van der Waals surface area contributed by atoms with Crippen molar-refractivity contribution in [3.63, 3.8) is 0 Å². The number of imidazole rings is 1. The quantitative estimate of drug-likeness (QED) is 0.394. The fraction of sp³-hybridized carbons (Fsp3) is 0.100.